The lowest BCUT2D eigenvalue weighted by molar-refractivity contribution is 0.432. The van der Waals surface area contributed by atoms with Crippen molar-refractivity contribution in [2.75, 3.05) is 0 Å². The molecular weight excluding hydrogens is 714 g/mol. The van der Waals surface area contributed by atoms with Crippen LogP contribution in [0.1, 0.15) is 0 Å². The fourth-order valence-electron chi connectivity index (χ4n) is 4.45. The first kappa shape index (κ1) is 30.4. The Hall–Kier alpha value is -5.08. The number of aromatic nitrogens is 2. The highest BCUT2D eigenvalue weighted by molar-refractivity contribution is 9.11. The van der Waals surface area contributed by atoms with Crippen LogP contribution in [-0.4, -0.2) is 39.8 Å². The second kappa shape index (κ2) is 11.5. The first-order valence-electron chi connectivity index (χ1n) is 12.3. The van der Waals surface area contributed by atoms with E-state index < -0.39 is 34.3 Å². The molecule has 44 heavy (non-hydrogen) atoms. The molecule has 6 aromatic rings. The van der Waals surface area contributed by atoms with Crippen LogP contribution in [0.15, 0.2) is 91.6 Å². The fourth-order valence-corrected chi connectivity index (χ4v) is 5.48. The second-order valence-electron chi connectivity index (χ2n) is 9.35. The molecule has 2 aromatic heterocycles. The highest BCUT2D eigenvalue weighted by Crippen LogP contribution is 2.34. The van der Waals surface area contributed by atoms with Crippen molar-refractivity contribution in [1.29, 1.82) is 0 Å². The van der Waals surface area contributed by atoms with Crippen molar-refractivity contribution in [3.05, 3.63) is 114 Å². The zero-order valence-electron chi connectivity index (χ0n) is 21.8. The third-order valence-corrected chi connectivity index (χ3v) is 7.75. The lowest BCUT2D eigenvalue weighted by Gasteiger charge is -2.11. The Labute approximate surface area is 261 Å². The van der Waals surface area contributed by atoms with Crippen molar-refractivity contribution in [3.63, 3.8) is 0 Å². The molecule has 2 heterocycles. The van der Waals surface area contributed by atoms with Crippen LogP contribution in [0.25, 0.3) is 32.9 Å². The summed E-state index contributed by atoms with van der Waals surface area (Å²) in [7, 11) is 0. The normalized spacial score (nSPS) is 11.0. The summed E-state index contributed by atoms with van der Waals surface area (Å²) < 4.78 is 30.1. The SMILES string of the molecule is O=c1c2c(O)cc(O)cc2c(Br)cn1-c1ccc(O)c(F)c1.O=c1c2c(O)cc(O)cc2c(Br)cn1-c1ccc(O)c(F)c1. The van der Waals surface area contributed by atoms with Gasteiger partial charge in [0.25, 0.3) is 11.1 Å². The molecule has 0 radical (unpaired) electrons. The van der Waals surface area contributed by atoms with Crippen LogP contribution in [0, 0.1) is 11.6 Å². The summed E-state index contributed by atoms with van der Waals surface area (Å²) in [6, 6.07) is 11.8. The van der Waals surface area contributed by atoms with Crippen LogP contribution in [0.3, 0.4) is 0 Å². The molecule has 4 aromatic carbocycles. The average Bonchev–Trinajstić information content (AvgIpc) is 2.95. The summed E-state index contributed by atoms with van der Waals surface area (Å²) in [5, 5.41) is 57.9. The van der Waals surface area contributed by atoms with Crippen molar-refractivity contribution in [3.8, 4) is 45.9 Å². The van der Waals surface area contributed by atoms with Crippen molar-refractivity contribution >= 4 is 53.4 Å². The molecule has 0 amide bonds. The van der Waals surface area contributed by atoms with E-state index in [-0.39, 0.29) is 45.1 Å². The molecule has 6 rings (SSSR count). The molecule has 0 spiro atoms. The van der Waals surface area contributed by atoms with Gasteiger partial charge in [0.1, 0.15) is 23.0 Å². The van der Waals surface area contributed by atoms with Crippen LogP contribution in [0.5, 0.6) is 34.5 Å². The number of hydrogen-bond donors (Lipinski definition) is 6. The van der Waals surface area contributed by atoms with E-state index >= 15 is 0 Å². The minimum absolute atomic E-state index is 0.0133. The molecule has 6 N–H and O–H groups in total. The Bertz CT molecular complexity index is 2090. The van der Waals surface area contributed by atoms with Gasteiger partial charge in [-0.05, 0) is 68.3 Å². The Balaban J connectivity index is 0.000000175. The first-order chi connectivity index (χ1) is 20.8. The summed E-state index contributed by atoms with van der Waals surface area (Å²) in [6.07, 6.45) is 2.80. The summed E-state index contributed by atoms with van der Waals surface area (Å²) in [6.45, 7) is 0. The average molecular weight is 732 g/mol. The number of nitrogens with zero attached hydrogens (tertiary/aromatic N) is 2. The minimum atomic E-state index is -0.865. The standard InChI is InChI=1S/2C15H9BrFNO4/c2*16-10-6-18(7-1-2-12(20)11(17)3-7)15(22)14-9(10)4-8(19)5-13(14)21/h2*1-6,19-21H. The highest BCUT2D eigenvalue weighted by atomic mass is 79.9. The monoisotopic (exact) mass is 730 g/mol. The van der Waals surface area contributed by atoms with Crippen LogP contribution < -0.4 is 11.1 Å². The number of benzene rings is 4. The van der Waals surface area contributed by atoms with Gasteiger partial charge in [0, 0.05) is 56.4 Å². The lowest BCUT2D eigenvalue weighted by Crippen LogP contribution is -2.18. The molecule has 0 saturated heterocycles. The van der Waals surface area contributed by atoms with Crippen molar-refractivity contribution in [2.45, 2.75) is 0 Å². The molecule has 0 unspecified atom stereocenters. The Morgan fingerprint density at radius 2 is 0.886 bits per heavy atom. The first-order valence-corrected chi connectivity index (χ1v) is 13.9. The molecule has 0 saturated carbocycles. The van der Waals surface area contributed by atoms with Gasteiger partial charge in [0.05, 0.1) is 22.1 Å². The predicted molar refractivity (Wildman–Crippen MR) is 164 cm³/mol. The van der Waals surface area contributed by atoms with Gasteiger partial charge in [0.2, 0.25) is 0 Å². The fraction of sp³-hybridized carbons (Fsp3) is 0. The number of rotatable bonds is 2. The minimum Gasteiger partial charge on any atom is -0.508 e. The molecule has 14 heteroatoms. The van der Waals surface area contributed by atoms with Gasteiger partial charge < -0.3 is 30.6 Å². The molecule has 0 aliphatic heterocycles. The quantitative estimate of drug-likeness (QED) is 0.126. The molecule has 0 atom stereocenters. The van der Waals surface area contributed by atoms with Gasteiger partial charge >= 0.3 is 0 Å². The van der Waals surface area contributed by atoms with Gasteiger partial charge in [0.15, 0.2) is 23.1 Å². The number of fused-ring (bicyclic) bond motifs is 2. The van der Waals surface area contributed by atoms with Crippen LogP contribution in [-0.2, 0) is 0 Å². The number of halogens is 4. The van der Waals surface area contributed by atoms with Crippen LogP contribution >= 0.6 is 31.9 Å². The smallest absolute Gasteiger partial charge is 0.266 e. The van der Waals surface area contributed by atoms with E-state index in [4.69, 9.17) is 0 Å². The Morgan fingerprint density at radius 3 is 1.23 bits per heavy atom. The third-order valence-electron chi connectivity index (χ3n) is 6.49. The Kier molecular flexibility index (Phi) is 7.97. The summed E-state index contributed by atoms with van der Waals surface area (Å²) in [4.78, 5) is 25.1. The molecule has 224 valence electrons. The largest absolute Gasteiger partial charge is 0.508 e. The van der Waals surface area contributed by atoms with Crippen LogP contribution in [0.4, 0.5) is 8.78 Å². The number of phenolic OH excluding ortho intramolecular Hbond substituents is 6. The second-order valence-corrected chi connectivity index (χ2v) is 11.1. The molecular formula is C30H18Br2F2N2O8. The van der Waals surface area contributed by atoms with E-state index in [9.17, 15) is 49.0 Å². The van der Waals surface area contributed by atoms with E-state index in [1.165, 1.54) is 36.7 Å². The molecule has 0 bridgehead atoms. The molecule has 10 nitrogen and oxygen atoms in total. The van der Waals surface area contributed by atoms with E-state index in [0.29, 0.717) is 19.7 Å². The van der Waals surface area contributed by atoms with Gasteiger partial charge in [-0.3, -0.25) is 18.7 Å². The maximum Gasteiger partial charge on any atom is 0.266 e. The molecule has 0 aliphatic rings. The molecule has 0 aliphatic carbocycles. The zero-order valence-corrected chi connectivity index (χ0v) is 25.0. The number of hydrogen-bond acceptors (Lipinski definition) is 8. The number of aromatic hydroxyl groups is 6. The van der Waals surface area contributed by atoms with Crippen LogP contribution in [0.2, 0.25) is 0 Å². The van der Waals surface area contributed by atoms with Crippen molar-refractivity contribution < 1.29 is 39.4 Å². The summed E-state index contributed by atoms with van der Waals surface area (Å²) in [5.41, 5.74) is -0.785. The lowest BCUT2D eigenvalue weighted by atomic mass is 10.1. The predicted octanol–water partition coefficient (Wildman–Crippen LogP) is 6.02. The molecule has 0 fully saturated rings. The maximum absolute atomic E-state index is 13.5. The van der Waals surface area contributed by atoms with E-state index in [1.54, 1.807) is 0 Å². The van der Waals surface area contributed by atoms with E-state index in [1.807, 2.05) is 0 Å². The Morgan fingerprint density at radius 1 is 0.523 bits per heavy atom. The van der Waals surface area contributed by atoms with Crippen molar-refractivity contribution in [1.82, 2.24) is 9.13 Å². The van der Waals surface area contributed by atoms with Gasteiger partial charge in [-0.25, -0.2) is 8.78 Å². The van der Waals surface area contributed by atoms with Crippen molar-refractivity contribution in [2.24, 2.45) is 0 Å². The van der Waals surface area contributed by atoms with Gasteiger partial charge in [-0.15, -0.1) is 0 Å². The van der Waals surface area contributed by atoms with Gasteiger partial charge in [-0.1, -0.05) is 0 Å². The van der Waals surface area contributed by atoms with E-state index in [0.717, 1.165) is 45.5 Å². The zero-order chi connectivity index (χ0) is 32.0. The maximum atomic E-state index is 13.5. The summed E-state index contributed by atoms with van der Waals surface area (Å²) >= 11 is 6.51. The highest BCUT2D eigenvalue weighted by Gasteiger charge is 2.16. The number of pyridine rings is 2. The van der Waals surface area contributed by atoms with E-state index in [2.05, 4.69) is 31.9 Å². The van der Waals surface area contributed by atoms with Gasteiger partial charge in [-0.2, -0.15) is 0 Å². The third kappa shape index (κ3) is 5.52. The number of phenols is 6. The topological polar surface area (TPSA) is 165 Å². The summed E-state index contributed by atoms with van der Waals surface area (Å²) in [5.74, 6) is -3.90.